The lowest BCUT2D eigenvalue weighted by Crippen LogP contribution is -2.39. The molecule has 1 unspecified atom stereocenters. The van der Waals surface area contributed by atoms with E-state index < -0.39 is 0 Å². The molecule has 0 amide bonds. The zero-order chi connectivity index (χ0) is 10.7. The lowest BCUT2D eigenvalue weighted by molar-refractivity contribution is 0.205. The van der Waals surface area contributed by atoms with Gasteiger partial charge in [-0.1, -0.05) is 33.1 Å². The topological polar surface area (TPSA) is 12.0 Å². The molecule has 2 rings (SSSR count). The van der Waals surface area contributed by atoms with Crippen LogP contribution in [0.3, 0.4) is 0 Å². The first-order valence-corrected chi connectivity index (χ1v) is 7.08. The fourth-order valence-electron chi connectivity index (χ4n) is 3.36. The van der Waals surface area contributed by atoms with Crippen molar-refractivity contribution >= 4 is 0 Å². The molecule has 1 N–H and O–H groups in total. The Morgan fingerprint density at radius 2 is 1.47 bits per heavy atom. The zero-order valence-corrected chi connectivity index (χ0v) is 10.5. The molecule has 2 aliphatic rings. The largest absolute Gasteiger partial charge is 0.314 e. The van der Waals surface area contributed by atoms with Gasteiger partial charge in [-0.25, -0.2) is 0 Å². The Morgan fingerprint density at radius 3 is 1.87 bits per heavy atom. The number of hydrogen-bond acceptors (Lipinski definition) is 1. The highest BCUT2D eigenvalue weighted by Crippen LogP contribution is 2.41. The van der Waals surface area contributed by atoms with E-state index >= 15 is 0 Å². The highest BCUT2D eigenvalue weighted by Gasteiger charge is 2.37. The highest BCUT2D eigenvalue weighted by molar-refractivity contribution is 4.92. The molecule has 0 bridgehead atoms. The maximum atomic E-state index is 3.75. The molecular formula is C14H27N. The second-order valence-corrected chi connectivity index (χ2v) is 5.61. The van der Waals surface area contributed by atoms with Crippen LogP contribution in [0, 0.1) is 17.8 Å². The second-order valence-electron chi connectivity index (χ2n) is 5.61. The molecule has 0 aliphatic heterocycles. The van der Waals surface area contributed by atoms with Gasteiger partial charge in [0.25, 0.3) is 0 Å². The van der Waals surface area contributed by atoms with Crippen molar-refractivity contribution < 1.29 is 0 Å². The molecule has 0 saturated heterocycles. The van der Waals surface area contributed by atoms with Crippen LogP contribution in [0.1, 0.15) is 58.8 Å². The third kappa shape index (κ3) is 2.96. The van der Waals surface area contributed by atoms with E-state index in [1.165, 1.54) is 44.9 Å². The average molecular weight is 209 g/mol. The molecule has 0 aromatic carbocycles. The maximum absolute atomic E-state index is 3.75. The minimum absolute atomic E-state index is 0.868. The summed E-state index contributed by atoms with van der Waals surface area (Å²) in [6.45, 7) is 5.77. The van der Waals surface area contributed by atoms with E-state index in [2.05, 4.69) is 19.2 Å². The summed E-state index contributed by atoms with van der Waals surface area (Å²) < 4.78 is 0. The van der Waals surface area contributed by atoms with E-state index in [4.69, 9.17) is 0 Å². The summed E-state index contributed by atoms with van der Waals surface area (Å²) in [6, 6.07) is 0.868. The van der Waals surface area contributed by atoms with Gasteiger partial charge in [-0.05, 0) is 50.0 Å². The fraction of sp³-hybridized carbons (Fsp3) is 1.00. The molecule has 1 heteroatoms. The van der Waals surface area contributed by atoms with E-state index in [0.717, 1.165) is 30.3 Å². The Balaban J connectivity index is 1.81. The Hall–Kier alpha value is -0.0400. The van der Waals surface area contributed by atoms with Crippen molar-refractivity contribution in [1.82, 2.24) is 5.32 Å². The van der Waals surface area contributed by atoms with E-state index in [0.29, 0.717) is 0 Å². The molecule has 1 nitrogen and oxygen atoms in total. The van der Waals surface area contributed by atoms with Gasteiger partial charge >= 0.3 is 0 Å². The highest BCUT2D eigenvalue weighted by atomic mass is 14.9. The van der Waals surface area contributed by atoms with Crippen molar-refractivity contribution in [1.29, 1.82) is 0 Å². The minimum Gasteiger partial charge on any atom is -0.314 e. The lowest BCUT2D eigenvalue weighted by Gasteiger charge is -2.34. The lowest BCUT2D eigenvalue weighted by atomic mass is 9.76. The molecule has 0 radical (unpaired) electrons. The number of hydrogen-bond donors (Lipinski definition) is 1. The van der Waals surface area contributed by atoms with Crippen molar-refractivity contribution in [2.45, 2.75) is 64.8 Å². The van der Waals surface area contributed by atoms with Crippen LogP contribution in [0.15, 0.2) is 0 Å². The summed E-state index contributed by atoms with van der Waals surface area (Å²) in [5.74, 6) is 3.08. The molecule has 15 heavy (non-hydrogen) atoms. The first kappa shape index (κ1) is 11.4. The van der Waals surface area contributed by atoms with Crippen molar-refractivity contribution in [2.24, 2.45) is 17.8 Å². The van der Waals surface area contributed by atoms with Gasteiger partial charge in [-0.15, -0.1) is 0 Å². The van der Waals surface area contributed by atoms with Crippen molar-refractivity contribution in [3.05, 3.63) is 0 Å². The van der Waals surface area contributed by atoms with Crippen molar-refractivity contribution in [2.75, 3.05) is 6.54 Å². The summed E-state index contributed by atoms with van der Waals surface area (Å²) in [6.07, 6.45) is 10.4. The maximum Gasteiger partial charge on any atom is 0.0123 e. The van der Waals surface area contributed by atoms with Gasteiger partial charge in [0.2, 0.25) is 0 Å². The van der Waals surface area contributed by atoms with Gasteiger partial charge in [0, 0.05) is 6.04 Å². The second kappa shape index (κ2) is 5.34. The van der Waals surface area contributed by atoms with Crippen LogP contribution in [0.4, 0.5) is 0 Å². The van der Waals surface area contributed by atoms with Gasteiger partial charge in [0.1, 0.15) is 0 Å². The van der Waals surface area contributed by atoms with Crippen LogP contribution in [-0.2, 0) is 0 Å². The van der Waals surface area contributed by atoms with Gasteiger partial charge in [0.05, 0.1) is 0 Å². The van der Waals surface area contributed by atoms with E-state index in [-0.39, 0.29) is 0 Å². The summed E-state index contributed by atoms with van der Waals surface area (Å²) >= 11 is 0. The summed E-state index contributed by atoms with van der Waals surface area (Å²) in [5.41, 5.74) is 0. The fourth-order valence-corrected chi connectivity index (χ4v) is 3.36. The van der Waals surface area contributed by atoms with Gasteiger partial charge in [0.15, 0.2) is 0 Å². The van der Waals surface area contributed by atoms with Gasteiger partial charge < -0.3 is 5.32 Å². The predicted octanol–water partition coefficient (Wildman–Crippen LogP) is 3.59. The molecule has 0 aromatic heterocycles. The van der Waals surface area contributed by atoms with E-state index in [1.807, 2.05) is 0 Å². The van der Waals surface area contributed by atoms with E-state index in [1.54, 1.807) is 0 Å². The Kier molecular flexibility index (Phi) is 4.07. The summed E-state index contributed by atoms with van der Waals surface area (Å²) in [4.78, 5) is 0. The number of nitrogens with one attached hydrogen (secondary N) is 1. The average Bonchev–Trinajstić information content (AvgIpc) is 3.10. The summed E-state index contributed by atoms with van der Waals surface area (Å²) in [7, 11) is 0. The van der Waals surface area contributed by atoms with Crippen LogP contribution in [0.5, 0.6) is 0 Å². The zero-order valence-electron chi connectivity index (χ0n) is 10.5. The first-order chi connectivity index (χ1) is 7.35. The Labute approximate surface area is 95.0 Å². The normalized spacial score (nSPS) is 34.0. The monoisotopic (exact) mass is 209 g/mol. The van der Waals surface area contributed by atoms with E-state index in [9.17, 15) is 0 Å². The smallest absolute Gasteiger partial charge is 0.0123 e. The Morgan fingerprint density at radius 1 is 0.933 bits per heavy atom. The van der Waals surface area contributed by atoms with Crippen LogP contribution in [-0.4, -0.2) is 12.6 Å². The number of rotatable bonds is 5. The van der Waals surface area contributed by atoms with Crippen LogP contribution in [0.2, 0.25) is 0 Å². The Bertz CT molecular complexity index is 178. The van der Waals surface area contributed by atoms with Crippen molar-refractivity contribution in [3.8, 4) is 0 Å². The predicted molar refractivity (Wildman–Crippen MR) is 65.9 cm³/mol. The first-order valence-electron chi connectivity index (χ1n) is 7.08. The molecular weight excluding hydrogens is 182 g/mol. The third-order valence-electron chi connectivity index (χ3n) is 4.55. The summed E-state index contributed by atoms with van der Waals surface area (Å²) in [5, 5.41) is 3.75. The van der Waals surface area contributed by atoms with Gasteiger partial charge in [-0.3, -0.25) is 0 Å². The molecule has 0 heterocycles. The molecule has 2 fully saturated rings. The van der Waals surface area contributed by atoms with Gasteiger partial charge in [-0.2, -0.15) is 0 Å². The quantitative estimate of drug-likeness (QED) is 0.729. The standard InChI is InChI=1S/C14H27N/c1-3-11-5-7-12(8-6-11)14(15-4-2)13-9-10-13/h11-15H,3-10H2,1-2H3. The molecule has 88 valence electrons. The molecule has 2 saturated carbocycles. The minimum atomic E-state index is 0.868. The third-order valence-corrected chi connectivity index (χ3v) is 4.55. The van der Waals surface area contributed by atoms with Crippen molar-refractivity contribution in [3.63, 3.8) is 0 Å². The van der Waals surface area contributed by atoms with Crippen LogP contribution in [0.25, 0.3) is 0 Å². The molecule has 2 aliphatic carbocycles. The van der Waals surface area contributed by atoms with Crippen LogP contribution < -0.4 is 5.32 Å². The SMILES string of the molecule is CCNC(C1CCC(CC)CC1)C1CC1. The molecule has 0 aromatic rings. The molecule has 0 spiro atoms. The van der Waals surface area contributed by atoms with Crippen LogP contribution >= 0.6 is 0 Å². The molecule has 1 atom stereocenters.